The predicted octanol–water partition coefficient (Wildman–Crippen LogP) is 5.20. The Kier molecular flexibility index (Phi) is 4.27. The van der Waals surface area contributed by atoms with E-state index in [4.69, 9.17) is 4.99 Å². The molecule has 0 bridgehead atoms. The van der Waals surface area contributed by atoms with Crippen LogP contribution in [0.5, 0.6) is 0 Å². The Hall–Kier alpha value is -2.98. The molecule has 0 N–H and O–H groups in total. The molecule has 1 aliphatic heterocycles. The third kappa shape index (κ3) is 3.11. The molecular weight excluding hydrogens is 340 g/mol. The number of carbonyl (C=O) groups is 1. The summed E-state index contributed by atoms with van der Waals surface area (Å²) in [5.74, 6) is 0.573. The van der Waals surface area contributed by atoms with Crippen molar-refractivity contribution in [3.8, 4) is 0 Å². The largest absolute Gasteiger partial charge is 0.282 e. The van der Waals surface area contributed by atoms with Gasteiger partial charge in [0.15, 0.2) is 0 Å². The van der Waals surface area contributed by atoms with E-state index in [1.165, 1.54) is 0 Å². The lowest BCUT2D eigenvalue weighted by molar-refractivity contribution is -0.113. The molecule has 2 aromatic carbocycles. The molecular formula is C22H18N2OS. The number of thiophene rings is 1. The summed E-state index contributed by atoms with van der Waals surface area (Å²) >= 11 is 1.59. The first-order valence-corrected chi connectivity index (χ1v) is 9.32. The van der Waals surface area contributed by atoms with Crippen LogP contribution in [0.4, 0.5) is 5.69 Å². The minimum Gasteiger partial charge on any atom is -0.266 e. The average molecular weight is 358 g/mol. The molecule has 0 atom stereocenters. The molecule has 128 valence electrons. The van der Waals surface area contributed by atoms with Crippen molar-refractivity contribution in [2.24, 2.45) is 4.99 Å². The van der Waals surface area contributed by atoms with E-state index >= 15 is 0 Å². The summed E-state index contributed by atoms with van der Waals surface area (Å²) in [6, 6.07) is 20.0. The first-order valence-electron chi connectivity index (χ1n) is 8.44. The van der Waals surface area contributed by atoms with Crippen LogP contribution >= 0.6 is 11.3 Å². The molecule has 4 rings (SSSR count). The van der Waals surface area contributed by atoms with Crippen molar-refractivity contribution in [2.45, 2.75) is 13.8 Å². The van der Waals surface area contributed by atoms with Gasteiger partial charge in [-0.25, -0.2) is 4.99 Å². The number of amidine groups is 1. The first kappa shape index (κ1) is 16.5. The fourth-order valence-electron chi connectivity index (χ4n) is 2.94. The minimum atomic E-state index is -0.0984. The maximum Gasteiger partial charge on any atom is 0.282 e. The number of amides is 1. The van der Waals surface area contributed by atoms with E-state index < -0.39 is 0 Å². The summed E-state index contributed by atoms with van der Waals surface area (Å²) < 4.78 is 0. The van der Waals surface area contributed by atoms with E-state index in [1.807, 2.05) is 79.9 Å². The SMILES string of the molecule is Cc1ccc(N2C(=O)/C(=C\c3cccs3)N=C2c2cccc(C)c2)cc1. The number of aliphatic imine (C=N–C) groups is 1. The van der Waals surface area contributed by atoms with Crippen LogP contribution in [0.2, 0.25) is 0 Å². The molecule has 0 unspecified atom stereocenters. The molecule has 3 nitrogen and oxygen atoms in total. The lowest BCUT2D eigenvalue weighted by Gasteiger charge is -2.19. The molecule has 0 spiro atoms. The van der Waals surface area contributed by atoms with Crippen molar-refractivity contribution in [3.63, 3.8) is 0 Å². The van der Waals surface area contributed by atoms with Gasteiger partial charge < -0.3 is 0 Å². The van der Waals surface area contributed by atoms with Crippen molar-refractivity contribution in [1.82, 2.24) is 0 Å². The van der Waals surface area contributed by atoms with Gasteiger partial charge in [-0.2, -0.15) is 0 Å². The molecule has 0 saturated carbocycles. The molecule has 2 heterocycles. The Bertz CT molecular complexity index is 1010. The molecule has 3 aromatic rings. The van der Waals surface area contributed by atoms with Crippen molar-refractivity contribution >= 4 is 34.8 Å². The van der Waals surface area contributed by atoms with Crippen LogP contribution in [0.3, 0.4) is 0 Å². The summed E-state index contributed by atoms with van der Waals surface area (Å²) in [5, 5.41) is 1.99. The molecule has 1 amide bonds. The van der Waals surface area contributed by atoms with E-state index in [2.05, 4.69) is 6.07 Å². The fraction of sp³-hybridized carbons (Fsp3) is 0.0909. The third-order valence-corrected chi connectivity index (χ3v) is 5.07. The summed E-state index contributed by atoms with van der Waals surface area (Å²) in [6.45, 7) is 4.08. The number of aryl methyl sites for hydroxylation is 2. The second kappa shape index (κ2) is 6.73. The summed E-state index contributed by atoms with van der Waals surface area (Å²) in [5.41, 5.74) is 4.52. The summed E-state index contributed by atoms with van der Waals surface area (Å²) in [4.78, 5) is 20.6. The van der Waals surface area contributed by atoms with Crippen LogP contribution in [0.1, 0.15) is 21.6 Å². The Morgan fingerprint density at radius 1 is 0.962 bits per heavy atom. The van der Waals surface area contributed by atoms with E-state index in [9.17, 15) is 4.79 Å². The van der Waals surface area contributed by atoms with E-state index in [-0.39, 0.29) is 5.91 Å². The van der Waals surface area contributed by atoms with Crippen LogP contribution in [0.15, 0.2) is 76.7 Å². The van der Waals surface area contributed by atoms with Crippen molar-refractivity contribution < 1.29 is 4.79 Å². The van der Waals surface area contributed by atoms with Gasteiger partial charge in [-0.3, -0.25) is 9.69 Å². The lowest BCUT2D eigenvalue weighted by Crippen LogP contribution is -2.32. The maximum absolute atomic E-state index is 13.1. The van der Waals surface area contributed by atoms with E-state index in [0.29, 0.717) is 11.5 Å². The van der Waals surface area contributed by atoms with Gasteiger partial charge in [0.05, 0.1) is 5.69 Å². The van der Waals surface area contributed by atoms with Crippen LogP contribution in [0.25, 0.3) is 6.08 Å². The van der Waals surface area contributed by atoms with Gasteiger partial charge in [-0.15, -0.1) is 11.3 Å². The van der Waals surface area contributed by atoms with Gasteiger partial charge in [0.25, 0.3) is 5.91 Å². The molecule has 0 aliphatic carbocycles. The number of hydrogen-bond donors (Lipinski definition) is 0. The third-order valence-electron chi connectivity index (χ3n) is 4.25. The zero-order chi connectivity index (χ0) is 18.1. The monoisotopic (exact) mass is 358 g/mol. The number of benzene rings is 2. The normalized spacial score (nSPS) is 15.6. The summed E-state index contributed by atoms with van der Waals surface area (Å²) in [7, 11) is 0. The molecule has 1 aromatic heterocycles. The highest BCUT2D eigenvalue weighted by molar-refractivity contribution is 7.10. The predicted molar refractivity (Wildman–Crippen MR) is 109 cm³/mol. The van der Waals surface area contributed by atoms with Gasteiger partial charge in [0.1, 0.15) is 11.5 Å². The Morgan fingerprint density at radius 2 is 1.77 bits per heavy atom. The molecule has 0 radical (unpaired) electrons. The van der Waals surface area contributed by atoms with Gasteiger partial charge in [0.2, 0.25) is 0 Å². The highest BCUT2D eigenvalue weighted by Gasteiger charge is 2.32. The van der Waals surface area contributed by atoms with Crippen LogP contribution in [-0.4, -0.2) is 11.7 Å². The van der Waals surface area contributed by atoms with Gasteiger partial charge in [-0.1, -0.05) is 47.5 Å². The molecule has 26 heavy (non-hydrogen) atoms. The molecule has 1 aliphatic rings. The van der Waals surface area contributed by atoms with Gasteiger partial charge in [-0.05, 0) is 49.6 Å². The zero-order valence-electron chi connectivity index (χ0n) is 14.6. The maximum atomic E-state index is 13.1. The molecule has 4 heteroatoms. The Labute approximate surface area is 156 Å². The Balaban J connectivity index is 1.84. The second-order valence-electron chi connectivity index (χ2n) is 6.33. The van der Waals surface area contributed by atoms with E-state index in [1.54, 1.807) is 16.2 Å². The van der Waals surface area contributed by atoms with Gasteiger partial charge in [0, 0.05) is 10.4 Å². The number of anilines is 1. The molecule has 0 saturated heterocycles. The number of nitrogens with zero attached hydrogens (tertiary/aromatic N) is 2. The highest BCUT2D eigenvalue weighted by Crippen LogP contribution is 2.29. The fourth-order valence-corrected chi connectivity index (χ4v) is 3.59. The standard InChI is InChI=1S/C22H18N2OS/c1-15-8-10-18(11-9-15)24-21(17-6-3-5-16(2)13-17)23-20(22(24)25)14-19-7-4-12-26-19/h3-14H,1-2H3/b20-14+. The topological polar surface area (TPSA) is 32.7 Å². The number of hydrogen-bond acceptors (Lipinski definition) is 3. The quantitative estimate of drug-likeness (QED) is 0.592. The first-order chi connectivity index (χ1) is 12.6. The number of carbonyl (C=O) groups excluding carboxylic acids is 1. The van der Waals surface area contributed by atoms with Crippen molar-refractivity contribution in [3.05, 3.63) is 93.3 Å². The Morgan fingerprint density at radius 3 is 2.46 bits per heavy atom. The van der Waals surface area contributed by atoms with Crippen molar-refractivity contribution in [2.75, 3.05) is 4.90 Å². The van der Waals surface area contributed by atoms with Crippen LogP contribution < -0.4 is 4.90 Å². The average Bonchev–Trinajstić information content (AvgIpc) is 3.25. The lowest BCUT2D eigenvalue weighted by atomic mass is 10.1. The van der Waals surface area contributed by atoms with Crippen LogP contribution in [0, 0.1) is 13.8 Å². The van der Waals surface area contributed by atoms with Crippen molar-refractivity contribution in [1.29, 1.82) is 0 Å². The highest BCUT2D eigenvalue weighted by atomic mass is 32.1. The summed E-state index contributed by atoms with van der Waals surface area (Å²) in [6.07, 6.45) is 1.86. The second-order valence-corrected chi connectivity index (χ2v) is 7.31. The zero-order valence-corrected chi connectivity index (χ0v) is 15.5. The number of rotatable bonds is 3. The van der Waals surface area contributed by atoms with Gasteiger partial charge >= 0.3 is 0 Å². The minimum absolute atomic E-state index is 0.0984. The van der Waals surface area contributed by atoms with E-state index in [0.717, 1.165) is 27.3 Å². The molecule has 0 fully saturated rings. The van der Waals surface area contributed by atoms with Crippen LogP contribution in [-0.2, 0) is 4.79 Å². The smallest absolute Gasteiger partial charge is 0.266 e.